The normalized spacial score (nSPS) is 18.9. The Bertz CT molecular complexity index is 3140. The van der Waals surface area contributed by atoms with Gasteiger partial charge >= 0.3 is 6.18 Å². The van der Waals surface area contributed by atoms with Crippen LogP contribution >= 0.6 is 11.6 Å². The number of alkyl halides is 7. The Morgan fingerprint density at radius 1 is 0.926 bits per heavy atom. The van der Waals surface area contributed by atoms with Crippen molar-refractivity contribution in [1.82, 2.24) is 29.9 Å². The number of carbonyl (C=O) groups is 1. The van der Waals surface area contributed by atoms with Gasteiger partial charge in [0.05, 0.1) is 38.2 Å². The van der Waals surface area contributed by atoms with Crippen LogP contribution in [-0.4, -0.2) is 69.0 Å². The van der Waals surface area contributed by atoms with Crippen LogP contribution in [0.3, 0.4) is 0 Å². The van der Waals surface area contributed by atoms with E-state index in [1.807, 2.05) is 0 Å². The van der Waals surface area contributed by atoms with Gasteiger partial charge in [-0.2, -0.15) is 32.1 Å². The van der Waals surface area contributed by atoms with Gasteiger partial charge in [0.25, 0.3) is 12.3 Å². The molecule has 2 aromatic carbocycles. The second-order valence-corrected chi connectivity index (χ2v) is 22.9. The van der Waals surface area contributed by atoms with E-state index in [-0.39, 0.29) is 48.7 Å². The van der Waals surface area contributed by atoms with Gasteiger partial charge in [-0.1, -0.05) is 37.4 Å². The summed E-state index contributed by atoms with van der Waals surface area (Å²) in [5.74, 6) is -5.16. The van der Waals surface area contributed by atoms with E-state index in [9.17, 15) is 52.4 Å². The summed E-state index contributed by atoms with van der Waals surface area (Å²) in [6.07, 6.45) is -7.33. The quantitative estimate of drug-likeness (QED) is 0.0824. The predicted molar refractivity (Wildman–Crippen MR) is 232 cm³/mol. The molecule has 2 fully saturated rings. The first-order valence-electron chi connectivity index (χ1n) is 21.2. The van der Waals surface area contributed by atoms with Gasteiger partial charge in [0.2, 0.25) is 15.9 Å². The number of hydrogen-bond acceptors (Lipinski definition) is 8. The molecule has 0 spiro atoms. The Hall–Kier alpha value is -5.34. The Morgan fingerprint density at radius 3 is 2.16 bits per heavy atom. The predicted octanol–water partition coefficient (Wildman–Crippen LogP) is 9.07. The van der Waals surface area contributed by atoms with Crippen molar-refractivity contribution in [3.8, 4) is 23.0 Å². The zero-order chi connectivity index (χ0) is 49.6. The molecular weight excluding hydrogens is 977 g/mol. The smallest absolute Gasteiger partial charge is 0.346 e. The Kier molecular flexibility index (Phi) is 12.5. The number of sulfone groups is 1. The molecular formula is C44H41ClF9N7O5S2. The lowest BCUT2D eigenvalue weighted by molar-refractivity contribution is -0.143. The van der Waals surface area contributed by atoms with Crippen LogP contribution in [0.15, 0.2) is 42.5 Å². The van der Waals surface area contributed by atoms with Crippen LogP contribution in [0.4, 0.5) is 45.3 Å². The monoisotopic (exact) mass is 1020 g/mol. The fourth-order valence-corrected chi connectivity index (χ4v) is 11.8. The molecule has 68 heavy (non-hydrogen) atoms. The topological polar surface area (TPSA) is 158 Å². The van der Waals surface area contributed by atoms with Crippen LogP contribution in [0.5, 0.6) is 0 Å². The molecule has 0 unspecified atom stereocenters. The summed E-state index contributed by atoms with van der Waals surface area (Å²) in [6.45, 7) is 2.66. The van der Waals surface area contributed by atoms with Crippen molar-refractivity contribution in [3.63, 3.8) is 0 Å². The molecule has 3 heterocycles. The van der Waals surface area contributed by atoms with Crippen LogP contribution in [0.25, 0.3) is 22.0 Å². The van der Waals surface area contributed by atoms with Crippen LogP contribution in [-0.2, 0) is 56.3 Å². The van der Waals surface area contributed by atoms with Crippen molar-refractivity contribution in [2.75, 3.05) is 4.72 Å². The number of benzene rings is 2. The third kappa shape index (κ3) is 9.26. The molecule has 1 amide bonds. The molecule has 3 aromatic heterocycles. The number of hydrogen-bond donors (Lipinski definition) is 2. The van der Waals surface area contributed by atoms with Crippen LogP contribution < -0.4 is 10.0 Å². The molecule has 24 heteroatoms. The zero-order valence-corrected chi connectivity index (χ0v) is 38.7. The summed E-state index contributed by atoms with van der Waals surface area (Å²) in [6, 6.07) is 6.00. The summed E-state index contributed by atoms with van der Waals surface area (Å²) >= 11 is 6.64. The van der Waals surface area contributed by atoms with E-state index in [0.717, 1.165) is 23.7 Å². The third-order valence-corrected chi connectivity index (χ3v) is 17.4. The highest BCUT2D eigenvalue weighted by molar-refractivity contribution is 7.94. The molecule has 12 nitrogen and oxygen atoms in total. The third-order valence-electron chi connectivity index (χ3n) is 12.4. The number of nitrogens with zero attached hydrogens (tertiary/aromatic N) is 5. The highest BCUT2D eigenvalue weighted by Gasteiger charge is 2.57. The van der Waals surface area contributed by atoms with Crippen molar-refractivity contribution < 1.29 is 61.1 Å². The largest absolute Gasteiger partial charge is 0.435 e. The Labute approximate surface area is 389 Å². The molecule has 364 valence electrons. The number of pyridine rings is 1. The highest BCUT2D eigenvalue weighted by Crippen LogP contribution is 2.55. The number of fused-ring (bicyclic) bond motifs is 2. The van der Waals surface area contributed by atoms with Crippen LogP contribution in [0.2, 0.25) is 5.02 Å². The molecule has 3 aliphatic carbocycles. The fraction of sp³-hybridized carbons (Fsp3) is 0.455. The van der Waals surface area contributed by atoms with Gasteiger partial charge in [-0.3, -0.25) is 18.9 Å². The second-order valence-electron chi connectivity index (χ2n) is 17.8. The van der Waals surface area contributed by atoms with E-state index >= 15 is 8.78 Å². The molecule has 8 rings (SSSR count). The minimum atomic E-state index is -5.20. The van der Waals surface area contributed by atoms with E-state index < -0.39 is 131 Å². The Morgan fingerprint density at radius 2 is 1.56 bits per heavy atom. The standard InChI is InChI=1S/C44H41ClF9N7O5S2/c1-21-22(2)43(50,51)40-35(21)39(44(52,53)54)57-61(40)20-34(62)56-32(17-23-15-24(46)18-25(47)16-23)37-29(10-5-26(55-37)13-14-42(3,4)67(63,64)27-6-7-27)30-11-12-31(45)36-38(30)60(19-33(48)49)58-41(36)59-68(65,66)28-8-9-28/h5,10-12,15-16,18,21-22,27-28,32-33H,6-9,17,19-20H2,1-4H3,(H,56,62)(H,58,59)/t21-,22+,32-/m0/s1. The van der Waals surface area contributed by atoms with Gasteiger partial charge in [-0.05, 0) is 93.7 Å². The summed E-state index contributed by atoms with van der Waals surface area (Å²) in [5, 5.41) is 8.46. The Balaban J connectivity index is 1.32. The first-order valence-corrected chi connectivity index (χ1v) is 24.6. The van der Waals surface area contributed by atoms with Gasteiger partial charge in [0.15, 0.2) is 21.3 Å². The number of halogens is 10. The molecule has 2 N–H and O–H groups in total. The lowest BCUT2D eigenvalue weighted by Gasteiger charge is -2.24. The molecule has 0 bridgehead atoms. The second kappa shape index (κ2) is 17.3. The number of nitrogens with one attached hydrogen (secondary N) is 2. The van der Waals surface area contributed by atoms with E-state index in [1.54, 1.807) is 0 Å². The van der Waals surface area contributed by atoms with Gasteiger partial charge < -0.3 is 5.32 Å². The van der Waals surface area contributed by atoms with E-state index in [1.165, 1.54) is 45.0 Å². The first-order chi connectivity index (χ1) is 31.6. The average Bonchev–Trinajstić information content (AvgIpc) is 4.17. The zero-order valence-electron chi connectivity index (χ0n) is 36.3. The lowest BCUT2D eigenvalue weighted by atomic mass is 9.93. The molecule has 0 radical (unpaired) electrons. The average molecular weight is 1020 g/mol. The SMILES string of the molecule is C[C@@H]1c2c(C(F)(F)F)nn(CC(=O)N[C@@H](Cc3cc(F)cc(F)c3)c3nc(C#CC(C)(C)S(=O)(=O)C4CC4)ccc3-c3ccc(Cl)c4c(NS(=O)(=O)C5CC5)nn(CC(F)F)c34)c2C(F)(F)[C@@H]1C. The minimum absolute atomic E-state index is 0.0277. The van der Waals surface area contributed by atoms with Gasteiger partial charge in [-0.15, -0.1) is 0 Å². The van der Waals surface area contributed by atoms with E-state index in [2.05, 4.69) is 37.1 Å². The van der Waals surface area contributed by atoms with Gasteiger partial charge in [-0.25, -0.2) is 39.4 Å². The lowest BCUT2D eigenvalue weighted by Crippen LogP contribution is -2.35. The number of aromatic nitrogens is 5. The summed E-state index contributed by atoms with van der Waals surface area (Å²) in [7, 11) is -7.86. The van der Waals surface area contributed by atoms with Crippen LogP contribution in [0.1, 0.15) is 99.2 Å². The maximum atomic E-state index is 15.8. The van der Waals surface area contributed by atoms with Gasteiger partial charge in [0.1, 0.15) is 40.9 Å². The van der Waals surface area contributed by atoms with Gasteiger partial charge in [0, 0.05) is 28.7 Å². The summed E-state index contributed by atoms with van der Waals surface area (Å²) in [5.41, 5.74) is -4.34. The van der Waals surface area contributed by atoms with Crippen molar-refractivity contribution in [1.29, 1.82) is 0 Å². The number of carbonyl (C=O) groups excluding carboxylic acids is 1. The molecule has 2 saturated carbocycles. The van der Waals surface area contributed by atoms with Crippen molar-refractivity contribution in [3.05, 3.63) is 93.0 Å². The minimum Gasteiger partial charge on any atom is -0.346 e. The summed E-state index contributed by atoms with van der Waals surface area (Å²) in [4.78, 5) is 18.9. The number of rotatable bonds is 14. The van der Waals surface area contributed by atoms with Crippen LogP contribution in [0, 0.1) is 29.4 Å². The maximum absolute atomic E-state index is 15.8. The molecule has 3 aliphatic rings. The molecule has 0 aliphatic heterocycles. The number of amides is 1. The molecule has 5 aromatic rings. The molecule has 3 atom stereocenters. The van der Waals surface area contributed by atoms with Crippen molar-refractivity contribution >= 4 is 54.1 Å². The highest BCUT2D eigenvalue weighted by atomic mass is 35.5. The molecule has 0 saturated heterocycles. The van der Waals surface area contributed by atoms with E-state index in [4.69, 9.17) is 11.6 Å². The maximum Gasteiger partial charge on any atom is 0.435 e. The first kappa shape index (κ1) is 49.1. The number of anilines is 1. The van der Waals surface area contributed by atoms with E-state index in [0.29, 0.717) is 31.7 Å². The van der Waals surface area contributed by atoms with Crippen molar-refractivity contribution in [2.45, 2.75) is 119 Å². The number of sulfonamides is 1. The fourth-order valence-electron chi connectivity index (χ4n) is 8.47. The summed E-state index contributed by atoms with van der Waals surface area (Å²) < 4.78 is 187. The van der Waals surface area contributed by atoms with Crippen molar-refractivity contribution in [2.24, 2.45) is 5.92 Å².